The zero-order valence-corrected chi connectivity index (χ0v) is 22.2. The van der Waals surface area contributed by atoms with E-state index >= 15 is 0 Å². The van der Waals surface area contributed by atoms with Gasteiger partial charge in [0.15, 0.2) is 0 Å². The van der Waals surface area contributed by atoms with Crippen LogP contribution in [-0.4, -0.2) is 30.1 Å². The van der Waals surface area contributed by atoms with E-state index in [1.807, 2.05) is 0 Å². The summed E-state index contributed by atoms with van der Waals surface area (Å²) >= 11 is 0.819. The lowest BCUT2D eigenvalue weighted by atomic mass is 9.86. The van der Waals surface area contributed by atoms with Crippen LogP contribution in [0, 0.1) is 3.57 Å². The Labute approximate surface area is 241 Å². The van der Waals surface area contributed by atoms with Crippen LogP contribution in [-0.2, 0) is 11.8 Å². The van der Waals surface area contributed by atoms with Crippen LogP contribution in [0.2, 0.25) is 0 Å². The summed E-state index contributed by atoms with van der Waals surface area (Å²) in [5, 5.41) is 4.12. The first-order valence-electron chi connectivity index (χ1n) is 11.0. The molecule has 0 heterocycles. The van der Waals surface area contributed by atoms with E-state index in [9.17, 15) is 62.3 Å². The number of amides is 2. The molecule has 4 nitrogen and oxygen atoms in total. The van der Waals surface area contributed by atoms with E-state index in [-0.39, 0.29) is 17.3 Å². The monoisotopic (exact) mass is 728 g/mol. The van der Waals surface area contributed by atoms with E-state index in [0.29, 0.717) is 0 Å². The van der Waals surface area contributed by atoms with Gasteiger partial charge in [0.1, 0.15) is 0 Å². The quantitative estimate of drug-likeness (QED) is 0.197. The molecule has 0 fully saturated rings. The standard InChI is InChI=1S/C25H13F12IN2O2/c26-21(24(32,33)34,23(30,31)25(35,36)37)14-10-16(22(27,28)29)18(17(38)11-14)40-20(42)13-7-4-8-15(9-13)39-19(41)12-5-2-1-3-6-12/h1-11H,(H,39,41)(H,40,42). The van der Waals surface area contributed by atoms with Crippen LogP contribution < -0.4 is 10.6 Å². The topological polar surface area (TPSA) is 58.2 Å². The lowest BCUT2D eigenvalue weighted by Gasteiger charge is -2.36. The molecule has 0 spiro atoms. The van der Waals surface area contributed by atoms with Gasteiger partial charge in [-0.1, -0.05) is 24.3 Å². The highest BCUT2D eigenvalue weighted by atomic mass is 127. The molecular formula is C25H13F12IN2O2. The molecule has 3 rings (SSSR count). The van der Waals surface area contributed by atoms with E-state index in [4.69, 9.17) is 0 Å². The van der Waals surface area contributed by atoms with Gasteiger partial charge in [0, 0.05) is 25.9 Å². The van der Waals surface area contributed by atoms with E-state index in [0.717, 1.165) is 34.7 Å². The van der Waals surface area contributed by atoms with Crippen LogP contribution in [0.4, 0.5) is 64.1 Å². The Bertz CT molecular complexity index is 1490. The van der Waals surface area contributed by atoms with Crippen LogP contribution in [0.5, 0.6) is 0 Å². The number of carbonyl (C=O) groups is 2. The van der Waals surface area contributed by atoms with Gasteiger partial charge >= 0.3 is 30.1 Å². The summed E-state index contributed by atoms with van der Waals surface area (Å²) in [6.07, 6.45) is -20.0. The Morgan fingerprint density at radius 2 is 1.17 bits per heavy atom. The molecule has 0 aromatic heterocycles. The lowest BCUT2D eigenvalue weighted by molar-refractivity contribution is -0.389. The summed E-state index contributed by atoms with van der Waals surface area (Å²) in [6, 6.07) is 11.0. The van der Waals surface area contributed by atoms with Crippen LogP contribution in [0.15, 0.2) is 66.7 Å². The maximum Gasteiger partial charge on any atom is 0.457 e. The molecule has 0 saturated carbocycles. The van der Waals surface area contributed by atoms with Crippen molar-refractivity contribution in [2.45, 2.75) is 30.1 Å². The molecule has 2 amide bonds. The summed E-state index contributed by atoms with van der Waals surface area (Å²) in [6.45, 7) is 0. The van der Waals surface area contributed by atoms with Crippen molar-refractivity contribution in [3.8, 4) is 0 Å². The Morgan fingerprint density at radius 3 is 1.69 bits per heavy atom. The molecule has 226 valence electrons. The molecule has 2 N–H and O–H groups in total. The SMILES string of the molecule is O=C(Nc1cccc(C(=O)Nc2c(I)cc(C(F)(C(F)(F)F)C(F)(F)C(F)(F)F)cc2C(F)(F)F)c1)c1ccccc1. The largest absolute Gasteiger partial charge is 0.457 e. The molecule has 1 unspecified atom stereocenters. The third-order valence-corrected chi connectivity index (χ3v) is 6.48. The van der Waals surface area contributed by atoms with Gasteiger partial charge in [0.25, 0.3) is 11.8 Å². The average molecular weight is 728 g/mol. The lowest BCUT2D eigenvalue weighted by Crippen LogP contribution is -2.59. The number of hydrogen-bond acceptors (Lipinski definition) is 2. The first kappa shape index (κ1) is 33.0. The fraction of sp³-hybridized carbons (Fsp3) is 0.200. The number of halogens is 13. The Kier molecular flexibility index (Phi) is 8.87. The molecule has 0 aliphatic rings. The van der Waals surface area contributed by atoms with Gasteiger partial charge in [-0.05, 0) is 65.1 Å². The fourth-order valence-corrected chi connectivity index (χ4v) is 4.35. The molecule has 1 atom stereocenters. The number of rotatable bonds is 6. The van der Waals surface area contributed by atoms with Gasteiger partial charge in [-0.3, -0.25) is 9.59 Å². The van der Waals surface area contributed by atoms with E-state index < -0.39 is 73.9 Å². The van der Waals surface area contributed by atoms with Crippen molar-refractivity contribution in [1.29, 1.82) is 0 Å². The van der Waals surface area contributed by atoms with Crippen molar-refractivity contribution in [2.75, 3.05) is 10.6 Å². The van der Waals surface area contributed by atoms with E-state index in [1.54, 1.807) is 23.5 Å². The van der Waals surface area contributed by atoms with Crippen molar-refractivity contribution in [2.24, 2.45) is 0 Å². The highest BCUT2D eigenvalue weighted by molar-refractivity contribution is 14.1. The number of nitrogens with one attached hydrogen (secondary N) is 2. The molecular weight excluding hydrogens is 715 g/mol. The second kappa shape index (κ2) is 11.3. The second-order valence-corrected chi connectivity index (χ2v) is 9.62. The normalized spacial score (nSPS) is 14.2. The zero-order valence-electron chi connectivity index (χ0n) is 20.1. The molecule has 17 heteroatoms. The number of carbonyl (C=O) groups excluding carboxylic acids is 2. The van der Waals surface area contributed by atoms with Crippen molar-refractivity contribution < 1.29 is 62.3 Å². The summed E-state index contributed by atoms with van der Waals surface area (Å²) < 4.78 is 162. The summed E-state index contributed by atoms with van der Waals surface area (Å²) in [4.78, 5) is 25.1. The van der Waals surface area contributed by atoms with Crippen LogP contribution in [0.1, 0.15) is 31.8 Å². The molecule has 0 saturated heterocycles. The minimum Gasteiger partial charge on any atom is -0.322 e. The van der Waals surface area contributed by atoms with E-state index in [2.05, 4.69) is 5.32 Å². The second-order valence-electron chi connectivity index (χ2n) is 8.46. The van der Waals surface area contributed by atoms with Gasteiger partial charge < -0.3 is 10.6 Å². The van der Waals surface area contributed by atoms with Crippen molar-refractivity contribution >= 4 is 45.8 Å². The predicted octanol–water partition coefficient (Wildman–Crippen LogP) is 8.74. The first-order valence-corrected chi connectivity index (χ1v) is 12.1. The molecule has 42 heavy (non-hydrogen) atoms. The maximum atomic E-state index is 14.9. The van der Waals surface area contributed by atoms with Gasteiger partial charge in [0.2, 0.25) is 0 Å². The maximum absolute atomic E-state index is 14.9. The fourth-order valence-electron chi connectivity index (χ4n) is 3.59. The third kappa shape index (κ3) is 6.29. The van der Waals surface area contributed by atoms with Gasteiger partial charge in [0.05, 0.1) is 11.3 Å². The highest BCUT2D eigenvalue weighted by Crippen LogP contribution is 2.59. The van der Waals surface area contributed by atoms with Crippen molar-refractivity contribution in [3.63, 3.8) is 0 Å². The number of hydrogen-bond donors (Lipinski definition) is 2. The third-order valence-electron chi connectivity index (χ3n) is 5.63. The molecule has 0 aliphatic heterocycles. The van der Waals surface area contributed by atoms with Gasteiger partial charge in [-0.2, -0.15) is 48.3 Å². The molecule has 0 radical (unpaired) electrons. The number of benzene rings is 3. The van der Waals surface area contributed by atoms with Gasteiger partial charge in [-0.25, -0.2) is 4.39 Å². The summed E-state index contributed by atoms with van der Waals surface area (Å²) in [7, 11) is 0. The van der Waals surface area contributed by atoms with Crippen LogP contribution in [0.3, 0.4) is 0 Å². The smallest absolute Gasteiger partial charge is 0.322 e. The predicted molar refractivity (Wildman–Crippen MR) is 133 cm³/mol. The van der Waals surface area contributed by atoms with Crippen LogP contribution >= 0.6 is 22.6 Å². The Balaban J connectivity index is 2.06. The minimum absolute atomic E-state index is 0.0145. The van der Waals surface area contributed by atoms with Crippen LogP contribution in [0.25, 0.3) is 0 Å². The van der Waals surface area contributed by atoms with Crippen molar-refractivity contribution in [3.05, 3.63) is 92.6 Å². The van der Waals surface area contributed by atoms with E-state index in [1.165, 1.54) is 24.3 Å². The summed E-state index contributed by atoms with van der Waals surface area (Å²) in [5.74, 6) is -9.20. The Hall–Kier alpha value is -3.51. The number of anilines is 2. The highest BCUT2D eigenvalue weighted by Gasteiger charge is 2.82. The minimum atomic E-state index is -7.21. The molecule has 0 bridgehead atoms. The summed E-state index contributed by atoms with van der Waals surface area (Å²) in [5.41, 5.74) is -13.2. The molecule has 0 aliphatic carbocycles. The number of alkyl halides is 12. The Morgan fingerprint density at radius 1 is 0.619 bits per heavy atom. The van der Waals surface area contributed by atoms with Crippen molar-refractivity contribution in [1.82, 2.24) is 0 Å². The zero-order chi connectivity index (χ0) is 31.9. The molecule has 3 aromatic carbocycles. The first-order chi connectivity index (χ1) is 19.1. The molecule has 3 aromatic rings. The average Bonchev–Trinajstić information content (AvgIpc) is 2.87. The van der Waals surface area contributed by atoms with Gasteiger partial charge in [-0.15, -0.1) is 0 Å².